The molecule has 1 unspecified atom stereocenters. The first kappa shape index (κ1) is 17.0. The van der Waals surface area contributed by atoms with Crippen LogP contribution in [-0.2, 0) is 15.1 Å². The van der Waals surface area contributed by atoms with Crippen LogP contribution < -0.4 is 10.6 Å². The van der Waals surface area contributed by atoms with Crippen LogP contribution in [0.3, 0.4) is 0 Å². The molecule has 0 aliphatic carbocycles. The zero-order valence-corrected chi connectivity index (χ0v) is 14.4. The Hall–Kier alpha value is -2.82. The number of nitrogens with zero attached hydrogens (tertiary/aromatic N) is 1. The van der Waals surface area contributed by atoms with Gasteiger partial charge in [0, 0.05) is 18.8 Å². The summed E-state index contributed by atoms with van der Waals surface area (Å²) in [7, 11) is 0. The highest BCUT2D eigenvalue weighted by Crippen LogP contribution is 2.28. The second-order valence-electron chi connectivity index (χ2n) is 6.41. The Bertz CT molecular complexity index is 733. The number of hydrogen-bond acceptors (Lipinski definition) is 3. The van der Waals surface area contributed by atoms with E-state index in [9.17, 15) is 9.59 Å². The average Bonchev–Trinajstić information content (AvgIpc) is 2.87. The molecule has 1 aliphatic heterocycles. The summed E-state index contributed by atoms with van der Waals surface area (Å²) in [6.07, 6.45) is 0.758. The monoisotopic (exact) mass is 337 g/mol. The lowest BCUT2D eigenvalue weighted by atomic mass is 9.89. The summed E-state index contributed by atoms with van der Waals surface area (Å²) in [4.78, 5) is 26.9. The fourth-order valence-corrected chi connectivity index (χ4v) is 3.13. The lowest BCUT2D eigenvalue weighted by Crippen LogP contribution is -2.51. The SMILES string of the molecule is CC(Nc1ccccc1)(C(=O)N1CCCNC(=O)C1)c1ccccc1. The molecule has 130 valence electrons. The molecule has 3 rings (SSSR count). The number of carbonyl (C=O) groups excluding carboxylic acids is 2. The van der Waals surface area contributed by atoms with Crippen LogP contribution in [0.15, 0.2) is 60.7 Å². The molecule has 0 radical (unpaired) electrons. The van der Waals surface area contributed by atoms with Gasteiger partial charge in [-0.2, -0.15) is 0 Å². The summed E-state index contributed by atoms with van der Waals surface area (Å²) in [5.74, 6) is -0.208. The van der Waals surface area contributed by atoms with Crippen LogP contribution >= 0.6 is 0 Å². The maximum absolute atomic E-state index is 13.4. The first-order valence-corrected chi connectivity index (χ1v) is 8.54. The first-order valence-electron chi connectivity index (χ1n) is 8.54. The summed E-state index contributed by atoms with van der Waals surface area (Å²) in [6, 6.07) is 19.3. The lowest BCUT2D eigenvalue weighted by molar-refractivity contribution is -0.139. The Kier molecular flexibility index (Phi) is 5.03. The fourth-order valence-electron chi connectivity index (χ4n) is 3.13. The number of carbonyl (C=O) groups is 2. The van der Waals surface area contributed by atoms with Crippen LogP contribution in [0.2, 0.25) is 0 Å². The van der Waals surface area contributed by atoms with Crippen molar-refractivity contribution in [3.8, 4) is 0 Å². The van der Waals surface area contributed by atoms with Crippen molar-refractivity contribution in [2.24, 2.45) is 0 Å². The Morgan fingerprint density at radius 3 is 2.40 bits per heavy atom. The number of hydrogen-bond donors (Lipinski definition) is 2. The zero-order valence-electron chi connectivity index (χ0n) is 14.4. The predicted octanol–water partition coefficient (Wildman–Crippen LogP) is 2.36. The minimum Gasteiger partial charge on any atom is -0.368 e. The average molecular weight is 337 g/mol. The van der Waals surface area contributed by atoms with Gasteiger partial charge in [0.1, 0.15) is 5.54 Å². The third kappa shape index (κ3) is 3.82. The summed E-state index contributed by atoms with van der Waals surface area (Å²) < 4.78 is 0. The fraction of sp³-hybridized carbons (Fsp3) is 0.300. The van der Waals surface area contributed by atoms with Gasteiger partial charge in [-0.1, -0.05) is 48.5 Å². The van der Waals surface area contributed by atoms with Gasteiger partial charge in [-0.05, 0) is 31.0 Å². The molecule has 1 fully saturated rings. The molecule has 5 heteroatoms. The van der Waals surface area contributed by atoms with E-state index in [2.05, 4.69) is 10.6 Å². The van der Waals surface area contributed by atoms with Crippen LogP contribution in [0.5, 0.6) is 0 Å². The van der Waals surface area contributed by atoms with Crippen LogP contribution in [0.4, 0.5) is 5.69 Å². The van der Waals surface area contributed by atoms with Crippen molar-refractivity contribution in [3.05, 3.63) is 66.2 Å². The Morgan fingerprint density at radius 1 is 1.08 bits per heavy atom. The molecule has 1 saturated heterocycles. The number of anilines is 1. The summed E-state index contributed by atoms with van der Waals surface area (Å²) in [5, 5.41) is 6.20. The second-order valence-corrected chi connectivity index (χ2v) is 6.41. The number of nitrogens with one attached hydrogen (secondary N) is 2. The van der Waals surface area contributed by atoms with Crippen LogP contribution in [0, 0.1) is 0 Å². The van der Waals surface area contributed by atoms with E-state index in [4.69, 9.17) is 0 Å². The van der Waals surface area contributed by atoms with E-state index in [1.54, 1.807) is 4.90 Å². The van der Waals surface area contributed by atoms with Gasteiger partial charge < -0.3 is 15.5 Å². The van der Waals surface area contributed by atoms with E-state index < -0.39 is 5.54 Å². The molecule has 1 aliphatic rings. The van der Waals surface area contributed by atoms with Gasteiger partial charge in [-0.25, -0.2) is 0 Å². The van der Waals surface area contributed by atoms with Crippen molar-refractivity contribution in [2.45, 2.75) is 18.9 Å². The number of benzene rings is 2. The van der Waals surface area contributed by atoms with Crippen LogP contribution in [0.1, 0.15) is 18.9 Å². The molecule has 2 N–H and O–H groups in total. The first-order chi connectivity index (χ1) is 12.1. The van der Waals surface area contributed by atoms with Crippen molar-refractivity contribution in [1.29, 1.82) is 0 Å². The van der Waals surface area contributed by atoms with Gasteiger partial charge in [-0.15, -0.1) is 0 Å². The van der Waals surface area contributed by atoms with Crippen molar-refractivity contribution >= 4 is 17.5 Å². The smallest absolute Gasteiger partial charge is 0.253 e. The lowest BCUT2D eigenvalue weighted by Gasteiger charge is -2.35. The van der Waals surface area contributed by atoms with E-state index in [0.29, 0.717) is 13.1 Å². The Balaban J connectivity index is 1.95. The molecule has 1 heterocycles. The molecule has 2 aromatic carbocycles. The molecule has 1 atom stereocenters. The largest absolute Gasteiger partial charge is 0.368 e. The van der Waals surface area contributed by atoms with E-state index in [1.165, 1.54) is 0 Å². The Morgan fingerprint density at radius 2 is 1.72 bits per heavy atom. The summed E-state index contributed by atoms with van der Waals surface area (Å²) in [5.41, 5.74) is 0.780. The van der Waals surface area contributed by atoms with Gasteiger partial charge >= 0.3 is 0 Å². The third-order valence-electron chi connectivity index (χ3n) is 4.50. The maximum Gasteiger partial charge on any atom is 0.253 e. The molecule has 0 bridgehead atoms. The molecule has 0 aromatic heterocycles. The third-order valence-corrected chi connectivity index (χ3v) is 4.50. The molecule has 2 amide bonds. The number of rotatable bonds is 4. The summed E-state index contributed by atoms with van der Waals surface area (Å²) in [6.45, 7) is 3.14. The molecule has 0 saturated carbocycles. The molecule has 0 spiro atoms. The quantitative estimate of drug-likeness (QED) is 0.900. The van der Waals surface area contributed by atoms with E-state index >= 15 is 0 Å². The van der Waals surface area contributed by atoms with Gasteiger partial charge in [-0.3, -0.25) is 9.59 Å². The van der Waals surface area contributed by atoms with E-state index in [-0.39, 0.29) is 18.4 Å². The van der Waals surface area contributed by atoms with E-state index in [0.717, 1.165) is 17.7 Å². The summed E-state index contributed by atoms with van der Waals surface area (Å²) >= 11 is 0. The minimum atomic E-state index is -0.951. The van der Waals surface area contributed by atoms with Gasteiger partial charge in [0.25, 0.3) is 5.91 Å². The molecule has 25 heavy (non-hydrogen) atoms. The predicted molar refractivity (Wildman–Crippen MR) is 98.1 cm³/mol. The zero-order chi connectivity index (χ0) is 17.7. The Labute approximate surface area is 148 Å². The van der Waals surface area contributed by atoms with E-state index in [1.807, 2.05) is 67.6 Å². The standard InChI is InChI=1S/C20H23N3O2/c1-20(16-9-4-2-5-10-16,22-17-11-6-3-7-12-17)19(25)23-14-8-13-21-18(24)15-23/h2-7,9-12,22H,8,13-15H2,1H3,(H,21,24). The van der Waals surface area contributed by atoms with Crippen molar-refractivity contribution < 1.29 is 9.59 Å². The number of para-hydroxylation sites is 1. The molecular formula is C20H23N3O2. The second kappa shape index (κ2) is 7.38. The van der Waals surface area contributed by atoms with Gasteiger partial charge in [0.2, 0.25) is 5.91 Å². The van der Waals surface area contributed by atoms with Crippen molar-refractivity contribution in [1.82, 2.24) is 10.2 Å². The number of amides is 2. The highest BCUT2D eigenvalue weighted by Gasteiger charge is 2.39. The van der Waals surface area contributed by atoms with Crippen molar-refractivity contribution in [2.75, 3.05) is 25.0 Å². The topological polar surface area (TPSA) is 61.4 Å². The molecular weight excluding hydrogens is 314 g/mol. The van der Waals surface area contributed by atoms with Crippen LogP contribution in [-0.4, -0.2) is 36.3 Å². The normalized spacial score (nSPS) is 17.2. The molecule has 5 nitrogen and oxygen atoms in total. The van der Waals surface area contributed by atoms with Gasteiger partial charge in [0.15, 0.2) is 0 Å². The highest BCUT2D eigenvalue weighted by molar-refractivity contribution is 5.93. The minimum absolute atomic E-state index is 0.0950. The molecule has 2 aromatic rings. The van der Waals surface area contributed by atoms with Crippen LogP contribution in [0.25, 0.3) is 0 Å². The maximum atomic E-state index is 13.4. The van der Waals surface area contributed by atoms with Gasteiger partial charge in [0.05, 0.1) is 6.54 Å². The highest BCUT2D eigenvalue weighted by atomic mass is 16.2. The van der Waals surface area contributed by atoms with Crippen molar-refractivity contribution in [3.63, 3.8) is 0 Å².